The fourth-order valence-electron chi connectivity index (χ4n) is 2.53. The number of aryl methyl sites for hydroxylation is 2. The largest absolute Gasteiger partial charge is 0.375 e. The van der Waals surface area contributed by atoms with Gasteiger partial charge in [0.2, 0.25) is 0 Å². The molecule has 1 saturated heterocycles. The first-order chi connectivity index (χ1) is 8.72. The highest BCUT2D eigenvalue weighted by Crippen LogP contribution is 2.28. The molecule has 0 radical (unpaired) electrons. The Bertz CT molecular complexity index is 388. The average molecular weight is 265 g/mol. The number of benzene rings is 1. The van der Waals surface area contributed by atoms with Crippen molar-refractivity contribution in [3.8, 4) is 0 Å². The first-order valence-corrected chi connectivity index (χ1v) is 7.87. The molecule has 0 bridgehead atoms. The maximum atomic E-state index is 5.95. The highest BCUT2D eigenvalue weighted by Gasteiger charge is 2.26. The molecule has 0 aliphatic carbocycles. The van der Waals surface area contributed by atoms with Crippen LogP contribution in [0, 0.1) is 13.8 Å². The van der Waals surface area contributed by atoms with Crippen LogP contribution in [0.1, 0.15) is 29.7 Å². The minimum Gasteiger partial charge on any atom is -0.375 e. The quantitative estimate of drug-likeness (QED) is 0.904. The van der Waals surface area contributed by atoms with Gasteiger partial charge in [-0.25, -0.2) is 0 Å². The molecule has 2 unspecified atom stereocenters. The van der Waals surface area contributed by atoms with E-state index >= 15 is 0 Å². The zero-order valence-electron chi connectivity index (χ0n) is 11.5. The number of hydrogen-bond donors (Lipinski definition) is 1. The third-order valence-corrected chi connectivity index (χ3v) is 4.42. The monoisotopic (exact) mass is 265 g/mol. The number of rotatable bonds is 4. The van der Waals surface area contributed by atoms with Crippen LogP contribution in [0.15, 0.2) is 18.2 Å². The molecule has 3 heteroatoms. The first kappa shape index (κ1) is 13.9. The van der Waals surface area contributed by atoms with E-state index in [9.17, 15) is 0 Å². The highest BCUT2D eigenvalue weighted by molar-refractivity contribution is 7.99. The van der Waals surface area contributed by atoms with Gasteiger partial charge in [0.1, 0.15) is 0 Å². The third kappa shape index (κ3) is 3.28. The summed E-state index contributed by atoms with van der Waals surface area (Å²) in [5.41, 5.74) is 4.07. The van der Waals surface area contributed by atoms with E-state index in [1.807, 2.05) is 11.8 Å². The smallest absolute Gasteiger partial charge is 0.0860 e. The molecule has 0 amide bonds. The number of ether oxygens (including phenoxy) is 1. The molecule has 100 valence electrons. The van der Waals surface area contributed by atoms with Crippen molar-refractivity contribution in [2.24, 2.45) is 0 Å². The molecule has 18 heavy (non-hydrogen) atoms. The first-order valence-electron chi connectivity index (χ1n) is 6.72. The Morgan fingerprint density at radius 1 is 1.44 bits per heavy atom. The van der Waals surface area contributed by atoms with E-state index in [0.29, 0.717) is 12.1 Å². The van der Waals surface area contributed by atoms with Gasteiger partial charge in [-0.15, -0.1) is 0 Å². The molecule has 2 nitrogen and oxygen atoms in total. The Hall–Kier alpha value is -0.510. The molecular formula is C15H23NOS. The Balaban J connectivity index is 2.22. The van der Waals surface area contributed by atoms with Crippen LogP contribution in [-0.4, -0.2) is 30.8 Å². The molecule has 0 spiro atoms. The predicted molar refractivity (Wildman–Crippen MR) is 79.4 cm³/mol. The van der Waals surface area contributed by atoms with E-state index in [0.717, 1.165) is 24.7 Å². The van der Waals surface area contributed by atoms with Gasteiger partial charge in [0.25, 0.3) is 0 Å². The molecule has 2 atom stereocenters. The summed E-state index contributed by atoms with van der Waals surface area (Å²) in [6.45, 7) is 8.35. The summed E-state index contributed by atoms with van der Waals surface area (Å²) in [7, 11) is 0. The van der Waals surface area contributed by atoms with Gasteiger partial charge in [-0.2, -0.15) is 11.8 Å². The van der Waals surface area contributed by atoms with E-state index in [1.165, 1.54) is 16.7 Å². The SMILES string of the molecule is CCNC(c1ccc(C)cc1C)C1CSCCO1. The van der Waals surface area contributed by atoms with Crippen molar-refractivity contribution in [1.82, 2.24) is 5.32 Å². The second-order valence-corrected chi connectivity index (χ2v) is 6.03. The summed E-state index contributed by atoms with van der Waals surface area (Å²) in [6, 6.07) is 7.03. The van der Waals surface area contributed by atoms with E-state index in [1.54, 1.807) is 0 Å². The number of thioether (sulfide) groups is 1. The van der Waals surface area contributed by atoms with Crippen LogP contribution >= 0.6 is 11.8 Å². The van der Waals surface area contributed by atoms with Gasteiger partial charge in [-0.05, 0) is 31.5 Å². The lowest BCUT2D eigenvalue weighted by atomic mass is 9.96. The summed E-state index contributed by atoms with van der Waals surface area (Å²) in [5.74, 6) is 2.22. The lowest BCUT2D eigenvalue weighted by Gasteiger charge is -2.32. The Kier molecular flexibility index (Phi) is 5.10. The van der Waals surface area contributed by atoms with Gasteiger partial charge < -0.3 is 10.1 Å². The Morgan fingerprint density at radius 3 is 2.89 bits per heavy atom. The molecule has 2 rings (SSSR count). The molecule has 0 aromatic heterocycles. The van der Waals surface area contributed by atoms with Gasteiger partial charge in [0.15, 0.2) is 0 Å². The van der Waals surface area contributed by atoms with Crippen LogP contribution in [0.25, 0.3) is 0 Å². The molecule has 1 fully saturated rings. The molecule has 0 saturated carbocycles. The summed E-state index contributed by atoms with van der Waals surface area (Å²) in [4.78, 5) is 0. The average Bonchev–Trinajstić information content (AvgIpc) is 2.38. The zero-order chi connectivity index (χ0) is 13.0. The summed E-state index contributed by atoms with van der Waals surface area (Å²) in [6.07, 6.45) is 0.296. The normalized spacial score (nSPS) is 21.8. The summed E-state index contributed by atoms with van der Waals surface area (Å²) < 4.78 is 5.95. The number of hydrogen-bond acceptors (Lipinski definition) is 3. The van der Waals surface area contributed by atoms with Crippen molar-refractivity contribution in [1.29, 1.82) is 0 Å². The fourth-order valence-corrected chi connectivity index (χ4v) is 3.44. The molecule has 1 heterocycles. The topological polar surface area (TPSA) is 21.3 Å². The van der Waals surface area contributed by atoms with Crippen molar-refractivity contribution in [2.45, 2.75) is 32.9 Å². The van der Waals surface area contributed by atoms with Crippen LogP contribution in [0.5, 0.6) is 0 Å². The zero-order valence-corrected chi connectivity index (χ0v) is 12.3. The van der Waals surface area contributed by atoms with Gasteiger partial charge in [-0.3, -0.25) is 0 Å². The van der Waals surface area contributed by atoms with Gasteiger partial charge in [-0.1, -0.05) is 30.7 Å². The van der Waals surface area contributed by atoms with Crippen LogP contribution in [0.4, 0.5) is 0 Å². The Labute approximate surface area is 114 Å². The molecular weight excluding hydrogens is 242 g/mol. The summed E-state index contributed by atoms with van der Waals surface area (Å²) >= 11 is 2.00. The maximum absolute atomic E-state index is 5.95. The standard InChI is InChI=1S/C15H23NOS/c1-4-16-15(14-10-18-8-7-17-14)13-6-5-11(2)9-12(13)3/h5-6,9,14-16H,4,7-8,10H2,1-3H3. The van der Waals surface area contributed by atoms with Crippen molar-refractivity contribution in [3.63, 3.8) is 0 Å². The molecule has 1 aliphatic rings. The van der Waals surface area contributed by atoms with Crippen LogP contribution in [0.3, 0.4) is 0 Å². The fraction of sp³-hybridized carbons (Fsp3) is 0.600. The minimum absolute atomic E-state index is 0.296. The van der Waals surface area contributed by atoms with Crippen molar-refractivity contribution in [2.75, 3.05) is 24.7 Å². The highest BCUT2D eigenvalue weighted by atomic mass is 32.2. The van der Waals surface area contributed by atoms with Crippen LogP contribution in [0.2, 0.25) is 0 Å². The van der Waals surface area contributed by atoms with E-state index in [-0.39, 0.29) is 0 Å². The van der Waals surface area contributed by atoms with Gasteiger partial charge in [0, 0.05) is 11.5 Å². The van der Waals surface area contributed by atoms with Crippen molar-refractivity contribution in [3.05, 3.63) is 34.9 Å². The lowest BCUT2D eigenvalue weighted by molar-refractivity contribution is 0.0470. The molecule has 1 aromatic carbocycles. The van der Waals surface area contributed by atoms with Crippen LogP contribution in [-0.2, 0) is 4.74 Å². The van der Waals surface area contributed by atoms with Gasteiger partial charge >= 0.3 is 0 Å². The van der Waals surface area contributed by atoms with Crippen molar-refractivity contribution < 1.29 is 4.74 Å². The van der Waals surface area contributed by atoms with Crippen LogP contribution < -0.4 is 5.32 Å². The lowest BCUT2D eigenvalue weighted by Crippen LogP contribution is -2.38. The van der Waals surface area contributed by atoms with E-state index in [4.69, 9.17) is 4.74 Å². The summed E-state index contributed by atoms with van der Waals surface area (Å²) in [5, 5.41) is 3.59. The van der Waals surface area contributed by atoms with Gasteiger partial charge in [0.05, 0.1) is 18.8 Å². The maximum Gasteiger partial charge on any atom is 0.0860 e. The van der Waals surface area contributed by atoms with Crippen molar-refractivity contribution >= 4 is 11.8 Å². The molecule has 1 aliphatic heterocycles. The Morgan fingerprint density at radius 2 is 2.28 bits per heavy atom. The van der Waals surface area contributed by atoms with E-state index in [2.05, 4.69) is 44.3 Å². The molecule has 1 N–H and O–H groups in total. The number of likely N-dealkylation sites (N-methyl/N-ethyl adjacent to an activating group) is 1. The minimum atomic E-state index is 0.296. The molecule has 1 aromatic rings. The third-order valence-electron chi connectivity index (χ3n) is 3.40. The van der Waals surface area contributed by atoms with E-state index < -0.39 is 0 Å². The second kappa shape index (κ2) is 6.60. The number of nitrogens with one attached hydrogen (secondary N) is 1. The second-order valence-electron chi connectivity index (χ2n) is 4.88. The predicted octanol–water partition coefficient (Wildman–Crippen LogP) is 3.09.